The number of nitrogens with one attached hydrogen (secondary N) is 1. The zero-order valence-corrected chi connectivity index (χ0v) is 10.2. The molecule has 1 heterocycles. The molecule has 2 unspecified atom stereocenters. The van der Waals surface area contributed by atoms with Crippen LogP contribution in [-0.2, 0) is 14.3 Å². The smallest absolute Gasteiger partial charge is 0.332 e. The molecule has 0 bridgehead atoms. The zero-order valence-electron chi connectivity index (χ0n) is 10.2. The van der Waals surface area contributed by atoms with Gasteiger partial charge in [0.2, 0.25) is 5.91 Å². The number of carbonyl (C=O) groups excluding carboxylic acids is 1. The number of hydrogen-bond acceptors (Lipinski definition) is 4. The largest absolute Gasteiger partial charge is 0.479 e. The Morgan fingerprint density at radius 1 is 1.47 bits per heavy atom. The number of nitrogens with two attached hydrogens (primary N) is 1. The Morgan fingerprint density at radius 3 is 2.59 bits per heavy atom. The van der Waals surface area contributed by atoms with Crippen LogP contribution < -0.4 is 11.1 Å². The van der Waals surface area contributed by atoms with E-state index in [4.69, 9.17) is 15.6 Å². The van der Waals surface area contributed by atoms with Gasteiger partial charge >= 0.3 is 5.97 Å². The quantitative estimate of drug-likeness (QED) is 0.617. The zero-order chi connectivity index (χ0) is 13.1. The average Bonchev–Trinajstić information content (AvgIpc) is 2.74. The maximum atomic E-state index is 11.7. The second-order valence-electron chi connectivity index (χ2n) is 4.96. The molecule has 1 saturated heterocycles. The SMILES string of the molecule is CC(C)(CN)C(=O)NCC1CCC(C(=O)O)O1. The summed E-state index contributed by atoms with van der Waals surface area (Å²) in [6, 6.07) is 0. The minimum absolute atomic E-state index is 0.137. The second kappa shape index (κ2) is 5.46. The lowest BCUT2D eigenvalue weighted by Gasteiger charge is -2.22. The standard InChI is InChI=1S/C11H20N2O4/c1-11(2,6-12)10(16)13-5-7-3-4-8(17-7)9(14)15/h7-8H,3-6,12H2,1-2H3,(H,13,16)(H,14,15). The molecule has 0 spiro atoms. The molecule has 0 radical (unpaired) electrons. The minimum Gasteiger partial charge on any atom is -0.479 e. The van der Waals surface area contributed by atoms with Gasteiger partial charge in [0, 0.05) is 13.1 Å². The third-order valence-electron chi connectivity index (χ3n) is 3.00. The van der Waals surface area contributed by atoms with E-state index < -0.39 is 17.5 Å². The van der Waals surface area contributed by atoms with Crippen LogP contribution >= 0.6 is 0 Å². The summed E-state index contributed by atoms with van der Waals surface area (Å²) in [5.74, 6) is -1.08. The summed E-state index contributed by atoms with van der Waals surface area (Å²) in [5, 5.41) is 11.5. The molecule has 4 N–H and O–H groups in total. The van der Waals surface area contributed by atoms with E-state index in [9.17, 15) is 9.59 Å². The molecule has 0 aliphatic carbocycles. The molecule has 0 saturated carbocycles. The Kier molecular flexibility index (Phi) is 4.47. The van der Waals surface area contributed by atoms with Crippen molar-refractivity contribution in [2.45, 2.75) is 38.9 Å². The van der Waals surface area contributed by atoms with Crippen molar-refractivity contribution in [2.24, 2.45) is 11.1 Å². The van der Waals surface area contributed by atoms with E-state index in [-0.39, 0.29) is 18.6 Å². The average molecular weight is 244 g/mol. The van der Waals surface area contributed by atoms with Crippen LogP contribution in [0.5, 0.6) is 0 Å². The Labute approximate surface area is 101 Å². The molecule has 6 heteroatoms. The van der Waals surface area contributed by atoms with Crippen molar-refractivity contribution in [3.8, 4) is 0 Å². The van der Waals surface area contributed by atoms with Gasteiger partial charge in [0.15, 0.2) is 6.10 Å². The maximum Gasteiger partial charge on any atom is 0.332 e. The van der Waals surface area contributed by atoms with Crippen molar-refractivity contribution >= 4 is 11.9 Å². The first-order valence-corrected chi connectivity index (χ1v) is 5.73. The van der Waals surface area contributed by atoms with Gasteiger partial charge in [0.05, 0.1) is 11.5 Å². The molecule has 1 aliphatic heterocycles. The highest BCUT2D eigenvalue weighted by Crippen LogP contribution is 2.20. The monoisotopic (exact) mass is 244 g/mol. The molecule has 1 aliphatic rings. The van der Waals surface area contributed by atoms with Crippen LogP contribution in [0.25, 0.3) is 0 Å². The highest BCUT2D eigenvalue weighted by Gasteiger charge is 2.32. The number of rotatable bonds is 5. The van der Waals surface area contributed by atoms with Crippen LogP contribution in [0, 0.1) is 5.41 Å². The van der Waals surface area contributed by atoms with Crippen LogP contribution in [0.1, 0.15) is 26.7 Å². The van der Waals surface area contributed by atoms with Gasteiger partial charge in [0.25, 0.3) is 0 Å². The highest BCUT2D eigenvalue weighted by molar-refractivity contribution is 5.82. The van der Waals surface area contributed by atoms with Crippen LogP contribution in [0.2, 0.25) is 0 Å². The van der Waals surface area contributed by atoms with E-state index in [1.165, 1.54) is 0 Å². The van der Waals surface area contributed by atoms with Crippen LogP contribution in [0.3, 0.4) is 0 Å². The fourth-order valence-corrected chi connectivity index (χ4v) is 1.58. The number of ether oxygens (including phenoxy) is 1. The molecule has 0 aromatic rings. The Bertz CT molecular complexity index is 304. The van der Waals surface area contributed by atoms with Gasteiger partial charge in [-0.1, -0.05) is 0 Å². The van der Waals surface area contributed by atoms with Crippen molar-refractivity contribution < 1.29 is 19.4 Å². The van der Waals surface area contributed by atoms with E-state index in [1.807, 2.05) is 0 Å². The summed E-state index contributed by atoms with van der Waals surface area (Å²) in [7, 11) is 0. The van der Waals surface area contributed by atoms with E-state index in [0.29, 0.717) is 19.4 Å². The molecule has 1 rings (SSSR count). The first kappa shape index (κ1) is 13.9. The molecule has 2 atom stereocenters. The van der Waals surface area contributed by atoms with Gasteiger partial charge in [-0.05, 0) is 26.7 Å². The number of carboxylic acids is 1. The number of amides is 1. The molecule has 6 nitrogen and oxygen atoms in total. The van der Waals surface area contributed by atoms with Gasteiger partial charge in [-0.2, -0.15) is 0 Å². The first-order chi connectivity index (χ1) is 7.86. The van der Waals surface area contributed by atoms with Crippen LogP contribution in [-0.4, -0.2) is 42.3 Å². The number of carbonyl (C=O) groups is 2. The van der Waals surface area contributed by atoms with Crippen molar-refractivity contribution in [3.63, 3.8) is 0 Å². The second-order valence-corrected chi connectivity index (χ2v) is 4.96. The van der Waals surface area contributed by atoms with E-state index in [0.717, 1.165) is 0 Å². The van der Waals surface area contributed by atoms with E-state index >= 15 is 0 Å². The van der Waals surface area contributed by atoms with Gasteiger partial charge in [-0.15, -0.1) is 0 Å². The Balaban J connectivity index is 2.33. The normalized spacial score (nSPS) is 24.6. The predicted molar refractivity (Wildman–Crippen MR) is 61.4 cm³/mol. The predicted octanol–water partition coefficient (Wildman–Crippen LogP) is -0.280. The van der Waals surface area contributed by atoms with Gasteiger partial charge in [-0.25, -0.2) is 4.79 Å². The lowest BCUT2D eigenvalue weighted by molar-refractivity contribution is -0.149. The topological polar surface area (TPSA) is 102 Å². The highest BCUT2D eigenvalue weighted by atomic mass is 16.5. The van der Waals surface area contributed by atoms with Crippen molar-refractivity contribution in [3.05, 3.63) is 0 Å². The van der Waals surface area contributed by atoms with E-state index in [2.05, 4.69) is 5.32 Å². The van der Waals surface area contributed by atoms with Crippen LogP contribution in [0.4, 0.5) is 0 Å². The van der Waals surface area contributed by atoms with Gasteiger partial charge in [-0.3, -0.25) is 4.79 Å². The van der Waals surface area contributed by atoms with Crippen molar-refractivity contribution in [1.29, 1.82) is 0 Å². The van der Waals surface area contributed by atoms with Crippen molar-refractivity contribution in [1.82, 2.24) is 5.32 Å². The molecular weight excluding hydrogens is 224 g/mol. The third-order valence-corrected chi connectivity index (χ3v) is 3.00. The van der Waals surface area contributed by atoms with Crippen LogP contribution in [0.15, 0.2) is 0 Å². The Hall–Kier alpha value is -1.14. The lowest BCUT2D eigenvalue weighted by Crippen LogP contribution is -2.44. The molecule has 98 valence electrons. The first-order valence-electron chi connectivity index (χ1n) is 5.73. The summed E-state index contributed by atoms with van der Waals surface area (Å²) < 4.78 is 5.27. The molecule has 1 fully saturated rings. The lowest BCUT2D eigenvalue weighted by atomic mass is 9.92. The molecule has 17 heavy (non-hydrogen) atoms. The fraction of sp³-hybridized carbons (Fsp3) is 0.818. The number of hydrogen-bond donors (Lipinski definition) is 3. The molecule has 0 aromatic carbocycles. The van der Waals surface area contributed by atoms with Crippen molar-refractivity contribution in [2.75, 3.05) is 13.1 Å². The molecule has 1 amide bonds. The van der Waals surface area contributed by atoms with Gasteiger partial charge in [0.1, 0.15) is 0 Å². The number of carboxylic acid groups (broad SMARTS) is 1. The van der Waals surface area contributed by atoms with E-state index in [1.54, 1.807) is 13.8 Å². The number of aliphatic carboxylic acids is 1. The Morgan fingerprint density at radius 2 is 2.12 bits per heavy atom. The third kappa shape index (κ3) is 3.67. The molecule has 0 aromatic heterocycles. The summed E-state index contributed by atoms with van der Waals surface area (Å²) in [5.41, 5.74) is 4.88. The summed E-state index contributed by atoms with van der Waals surface area (Å²) >= 11 is 0. The molecular formula is C11H20N2O4. The summed E-state index contributed by atoms with van der Waals surface area (Å²) in [4.78, 5) is 22.4. The summed E-state index contributed by atoms with van der Waals surface area (Å²) in [6.07, 6.45) is 0.198. The summed E-state index contributed by atoms with van der Waals surface area (Å²) in [6.45, 7) is 4.13. The maximum absolute atomic E-state index is 11.7. The fourth-order valence-electron chi connectivity index (χ4n) is 1.58. The minimum atomic E-state index is -0.943. The van der Waals surface area contributed by atoms with Gasteiger partial charge < -0.3 is 20.9 Å².